The van der Waals surface area contributed by atoms with Crippen LogP contribution in [-0.4, -0.2) is 81.1 Å². The minimum atomic E-state index is -3.26. The van der Waals surface area contributed by atoms with Crippen molar-refractivity contribution in [2.24, 2.45) is 0 Å². The first kappa shape index (κ1) is 35.8. The molecule has 3 aromatic rings. The molecular weight excluding hydrogens is 661 g/mol. The first-order valence-electron chi connectivity index (χ1n) is 13.7. The Morgan fingerprint density at radius 3 is 2.02 bits per heavy atom. The first-order chi connectivity index (χ1) is 20.2. The molecule has 0 radical (unpaired) electrons. The van der Waals surface area contributed by atoms with Crippen molar-refractivity contribution < 1.29 is 22.7 Å². The van der Waals surface area contributed by atoms with Crippen LogP contribution in [0.5, 0.6) is 17.2 Å². The number of nitrogens with zero attached hydrogens (tertiary/aromatic N) is 3. The van der Waals surface area contributed by atoms with Crippen LogP contribution in [0.15, 0.2) is 82.6 Å². The number of anilines is 1. The summed E-state index contributed by atoms with van der Waals surface area (Å²) in [5.74, 6) is 1.72. The van der Waals surface area contributed by atoms with Crippen molar-refractivity contribution in [2.45, 2.75) is 11.3 Å². The lowest BCUT2D eigenvalue weighted by Gasteiger charge is -2.32. The third-order valence-corrected chi connectivity index (χ3v) is 9.47. The molecule has 2 aliphatic rings. The SMILES string of the molecule is CN1CCN(CCCOc2ccc(N3C(=O)/C(=C/c4ccc(Oc5ccc(S(C)(=O)=O)cc5)cc4)SC3=S)cc2)CC1.Cl.Cl. The summed E-state index contributed by atoms with van der Waals surface area (Å²) in [6.45, 7) is 6.12. The Bertz CT molecular complexity index is 1560. The molecule has 2 fully saturated rings. The molecule has 44 heavy (non-hydrogen) atoms. The standard InChI is InChI=1S/C31H33N3O5S3.2ClH/c1-32-17-19-33(20-18-32)16-3-21-38-25-10-6-24(7-11-25)34-30(35)29(41-31(34)40)22-23-4-8-26(9-5-23)39-27-12-14-28(15-13-27)42(2,36)37;;/h4-15,22H,3,16-21H2,1-2H3;2*1H/b29-22-;;. The molecule has 0 bridgehead atoms. The van der Waals surface area contributed by atoms with E-state index >= 15 is 0 Å². The molecule has 0 N–H and O–H groups in total. The van der Waals surface area contributed by atoms with Crippen LogP contribution in [0.1, 0.15) is 12.0 Å². The fourth-order valence-corrected chi connectivity index (χ4v) is 6.54. The van der Waals surface area contributed by atoms with Crippen LogP contribution in [-0.2, 0) is 14.6 Å². The molecule has 0 saturated carbocycles. The molecule has 236 valence electrons. The van der Waals surface area contributed by atoms with Crippen LogP contribution < -0.4 is 14.4 Å². The van der Waals surface area contributed by atoms with Crippen molar-refractivity contribution in [2.75, 3.05) is 57.5 Å². The lowest BCUT2D eigenvalue weighted by molar-refractivity contribution is -0.113. The summed E-state index contributed by atoms with van der Waals surface area (Å²) in [6, 6.07) is 21.0. The Kier molecular flexibility index (Phi) is 13.1. The monoisotopic (exact) mass is 695 g/mol. The highest BCUT2D eigenvalue weighted by Gasteiger charge is 2.33. The molecule has 0 atom stereocenters. The third-order valence-electron chi connectivity index (χ3n) is 7.04. The van der Waals surface area contributed by atoms with Gasteiger partial charge in [-0.3, -0.25) is 9.69 Å². The number of hydrogen-bond donors (Lipinski definition) is 0. The summed E-state index contributed by atoms with van der Waals surface area (Å²) in [7, 11) is -1.10. The molecule has 0 aromatic heterocycles. The highest BCUT2D eigenvalue weighted by molar-refractivity contribution is 8.27. The summed E-state index contributed by atoms with van der Waals surface area (Å²) in [6.07, 6.45) is 3.94. The molecule has 1 amide bonds. The fraction of sp³-hybridized carbons (Fsp3) is 0.290. The summed E-state index contributed by atoms with van der Waals surface area (Å²) in [5.41, 5.74) is 1.53. The molecule has 5 rings (SSSR count). The number of thioether (sulfide) groups is 1. The minimum absolute atomic E-state index is 0. The molecule has 13 heteroatoms. The van der Waals surface area contributed by atoms with Gasteiger partial charge in [0.2, 0.25) is 0 Å². The van der Waals surface area contributed by atoms with Crippen LogP contribution in [0.3, 0.4) is 0 Å². The summed E-state index contributed by atoms with van der Waals surface area (Å²) >= 11 is 6.80. The summed E-state index contributed by atoms with van der Waals surface area (Å²) in [5, 5.41) is 0. The van der Waals surface area contributed by atoms with Gasteiger partial charge in [0.05, 0.1) is 22.1 Å². The Hall–Kier alpha value is -2.64. The second kappa shape index (κ2) is 16.1. The molecule has 8 nitrogen and oxygen atoms in total. The zero-order valence-electron chi connectivity index (χ0n) is 24.4. The molecular formula is C31H35Cl2N3O5S3. The van der Waals surface area contributed by atoms with Gasteiger partial charge >= 0.3 is 0 Å². The van der Waals surface area contributed by atoms with Gasteiger partial charge < -0.3 is 19.3 Å². The zero-order valence-corrected chi connectivity index (χ0v) is 28.5. The normalized spacial score (nSPS) is 16.9. The molecule has 0 unspecified atom stereocenters. The summed E-state index contributed by atoms with van der Waals surface area (Å²) in [4.78, 5) is 20.4. The molecule has 3 aromatic carbocycles. The van der Waals surface area contributed by atoms with Crippen LogP contribution >= 0.6 is 48.8 Å². The predicted octanol–water partition coefficient (Wildman–Crippen LogP) is 6.15. The molecule has 0 spiro atoms. The van der Waals surface area contributed by atoms with Gasteiger partial charge in [-0.15, -0.1) is 24.8 Å². The van der Waals surface area contributed by atoms with E-state index in [0.717, 1.165) is 50.5 Å². The third kappa shape index (κ3) is 9.43. The van der Waals surface area contributed by atoms with E-state index in [-0.39, 0.29) is 35.6 Å². The van der Waals surface area contributed by atoms with Crippen molar-refractivity contribution in [3.05, 3.63) is 83.3 Å². The van der Waals surface area contributed by atoms with Crippen LogP contribution in [0.4, 0.5) is 5.69 Å². The second-order valence-electron chi connectivity index (χ2n) is 10.3. The lowest BCUT2D eigenvalue weighted by atomic mass is 10.2. The van der Waals surface area contributed by atoms with E-state index in [4.69, 9.17) is 21.7 Å². The zero-order chi connectivity index (χ0) is 29.7. The van der Waals surface area contributed by atoms with E-state index in [1.165, 1.54) is 30.2 Å². The quantitative estimate of drug-likeness (QED) is 0.141. The van der Waals surface area contributed by atoms with Gasteiger partial charge in [0.15, 0.2) is 14.2 Å². The lowest BCUT2D eigenvalue weighted by Crippen LogP contribution is -2.44. The number of piperazine rings is 1. The van der Waals surface area contributed by atoms with Crippen LogP contribution in [0.2, 0.25) is 0 Å². The Morgan fingerprint density at radius 1 is 0.864 bits per heavy atom. The Balaban J connectivity index is 0.00000264. The van der Waals surface area contributed by atoms with Gasteiger partial charge in [0.1, 0.15) is 17.2 Å². The number of sulfone groups is 1. The average molecular weight is 697 g/mol. The Labute approximate surface area is 281 Å². The van der Waals surface area contributed by atoms with Crippen molar-refractivity contribution in [3.8, 4) is 17.2 Å². The van der Waals surface area contributed by atoms with Gasteiger partial charge in [-0.2, -0.15) is 0 Å². The number of carbonyl (C=O) groups excluding carboxylic acids is 1. The Morgan fingerprint density at radius 2 is 1.43 bits per heavy atom. The van der Waals surface area contributed by atoms with E-state index in [9.17, 15) is 13.2 Å². The minimum Gasteiger partial charge on any atom is -0.494 e. The number of benzene rings is 3. The van der Waals surface area contributed by atoms with Gasteiger partial charge in [0, 0.05) is 39.0 Å². The van der Waals surface area contributed by atoms with E-state index in [1.807, 2.05) is 42.5 Å². The average Bonchev–Trinajstić information content (AvgIpc) is 3.25. The molecule has 2 aliphatic heterocycles. The van der Waals surface area contributed by atoms with Crippen LogP contribution in [0.25, 0.3) is 6.08 Å². The maximum absolute atomic E-state index is 13.2. The van der Waals surface area contributed by atoms with Crippen LogP contribution in [0, 0.1) is 0 Å². The van der Waals surface area contributed by atoms with Gasteiger partial charge in [-0.25, -0.2) is 8.42 Å². The highest BCUT2D eigenvalue weighted by Crippen LogP contribution is 2.37. The smallest absolute Gasteiger partial charge is 0.270 e. The first-order valence-corrected chi connectivity index (χ1v) is 16.8. The van der Waals surface area contributed by atoms with Crippen molar-refractivity contribution in [1.29, 1.82) is 0 Å². The van der Waals surface area contributed by atoms with E-state index < -0.39 is 9.84 Å². The van der Waals surface area contributed by atoms with Gasteiger partial charge in [-0.05, 0) is 85.8 Å². The van der Waals surface area contributed by atoms with E-state index in [0.29, 0.717) is 33.0 Å². The number of likely N-dealkylation sites (N-methyl/N-ethyl adjacent to an activating group) is 1. The fourth-order valence-electron chi connectivity index (χ4n) is 4.61. The number of ether oxygens (including phenoxy) is 2. The second-order valence-corrected chi connectivity index (χ2v) is 14.0. The number of amides is 1. The van der Waals surface area contributed by atoms with Crippen molar-refractivity contribution >= 4 is 80.6 Å². The van der Waals surface area contributed by atoms with Crippen molar-refractivity contribution in [1.82, 2.24) is 9.80 Å². The molecule has 0 aliphatic carbocycles. The topological polar surface area (TPSA) is 79.4 Å². The van der Waals surface area contributed by atoms with E-state index in [2.05, 4.69) is 16.8 Å². The number of hydrogen-bond acceptors (Lipinski definition) is 9. The largest absolute Gasteiger partial charge is 0.494 e. The maximum Gasteiger partial charge on any atom is 0.270 e. The number of rotatable bonds is 10. The van der Waals surface area contributed by atoms with Gasteiger partial charge in [0.25, 0.3) is 5.91 Å². The molecule has 2 heterocycles. The summed E-state index contributed by atoms with van der Waals surface area (Å²) < 4.78 is 35.5. The molecule has 2 saturated heterocycles. The highest BCUT2D eigenvalue weighted by atomic mass is 35.5. The van der Waals surface area contributed by atoms with Crippen molar-refractivity contribution in [3.63, 3.8) is 0 Å². The maximum atomic E-state index is 13.2. The number of thiocarbonyl (C=S) groups is 1. The number of halogens is 2. The van der Waals surface area contributed by atoms with Gasteiger partial charge in [-0.1, -0.05) is 36.1 Å². The van der Waals surface area contributed by atoms with E-state index in [1.54, 1.807) is 29.2 Å². The number of carbonyl (C=O) groups is 1. The predicted molar refractivity (Wildman–Crippen MR) is 187 cm³/mol.